The van der Waals surface area contributed by atoms with E-state index < -0.39 is 23.9 Å². The largest absolute Gasteiger partial charge is 0.481 e. The first kappa shape index (κ1) is 29.6. The molecule has 0 spiro atoms. The summed E-state index contributed by atoms with van der Waals surface area (Å²) in [5, 5.41) is 6.63. The van der Waals surface area contributed by atoms with Gasteiger partial charge in [0.05, 0.1) is 36.5 Å². The summed E-state index contributed by atoms with van der Waals surface area (Å²) in [6, 6.07) is 2.50. The Hall–Kier alpha value is -3.33. The molecule has 1 saturated heterocycles. The highest BCUT2D eigenvalue weighted by atomic mass is 35.5. The number of hydrogen-bond acceptors (Lipinski definition) is 9. The van der Waals surface area contributed by atoms with Crippen molar-refractivity contribution in [2.75, 3.05) is 37.7 Å². The number of nitrogens with zero attached hydrogens (tertiary/aromatic N) is 4. The van der Waals surface area contributed by atoms with Gasteiger partial charge in [0.25, 0.3) is 11.8 Å². The van der Waals surface area contributed by atoms with E-state index in [0.717, 1.165) is 23.8 Å². The van der Waals surface area contributed by atoms with Crippen molar-refractivity contribution in [3.05, 3.63) is 52.6 Å². The summed E-state index contributed by atoms with van der Waals surface area (Å²) in [5.41, 5.74) is 1.50. The number of carbonyl (C=O) groups is 2. The van der Waals surface area contributed by atoms with E-state index in [1.54, 1.807) is 30.2 Å². The fourth-order valence-corrected chi connectivity index (χ4v) is 5.07. The number of halogens is 4. The van der Waals surface area contributed by atoms with Gasteiger partial charge in [0.1, 0.15) is 5.01 Å². The average Bonchev–Trinajstić information content (AvgIpc) is 3.35. The van der Waals surface area contributed by atoms with Gasteiger partial charge < -0.3 is 25.0 Å². The molecule has 5 rings (SSSR count). The van der Waals surface area contributed by atoms with E-state index in [9.17, 15) is 22.8 Å². The van der Waals surface area contributed by atoms with Crippen LogP contribution in [0.3, 0.4) is 0 Å². The number of morpholine rings is 1. The standard InChI is InChI=1S/C25H25F3N6O4S.ClH/c1-13-7-30-23(39-13)18-5-15(22(36)33-14(2)16-8-31-24(32-9-16)25(26,27)28)6-19-21(18)38-12-20(35)34(19)11-17-10-29-3-4-37-17;/h5-9,14,17,29H,3-4,10-12H2,1-2H3,(H,33,36);1H/t14-,17?;/m1./s1. The third-order valence-electron chi connectivity index (χ3n) is 6.28. The van der Waals surface area contributed by atoms with Crippen LogP contribution >= 0.6 is 23.7 Å². The number of benzene rings is 1. The lowest BCUT2D eigenvalue weighted by Gasteiger charge is -2.34. The number of carbonyl (C=O) groups excluding carboxylic acids is 2. The maximum absolute atomic E-state index is 13.4. The second kappa shape index (κ2) is 12.0. The average molecular weight is 599 g/mol. The van der Waals surface area contributed by atoms with Crippen LogP contribution in [0.15, 0.2) is 30.7 Å². The fourth-order valence-electron chi connectivity index (χ4n) is 4.29. The van der Waals surface area contributed by atoms with Crippen molar-refractivity contribution in [3.8, 4) is 16.3 Å². The molecule has 1 unspecified atom stereocenters. The second-order valence-corrected chi connectivity index (χ2v) is 10.4. The van der Waals surface area contributed by atoms with Gasteiger partial charge in [-0.05, 0) is 26.0 Å². The molecule has 0 aliphatic carbocycles. The van der Waals surface area contributed by atoms with E-state index in [-0.39, 0.29) is 43.1 Å². The molecule has 3 aromatic rings. The van der Waals surface area contributed by atoms with Crippen LogP contribution in [-0.2, 0) is 15.7 Å². The molecular weight excluding hydrogens is 573 g/mol. The lowest BCUT2D eigenvalue weighted by Crippen LogP contribution is -2.49. The summed E-state index contributed by atoms with van der Waals surface area (Å²) in [6.07, 6.45) is -1.13. The highest BCUT2D eigenvalue weighted by molar-refractivity contribution is 7.15. The maximum Gasteiger partial charge on any atom is 0.451 e. The molecule has 15 heteroatoms. The van der Waals surface area contributed by atoms with Gasteiger partial charge in [-0.25, -0.2) is 15.0 Å². The minimum atomic E-state index is -4.66. The number of anilines is 1. The second-order valence-electron chi connectivity index (χ2n) is 9.17. The van der Waals surface area contributed by atoms with E-state index in [1.165, 1.54) is 11.3 Å². The van der Waals surface area contributed by atoms with Crippen LogP contribution in [0.1, 0.15) is 39.6 Å². The Labute approximate surface area is 237 Å². The molecule has 1 aromatic carbocycles. The minimum Gasteiger partial charge on any atom is -0.481 e. The third-order valence-corrected chi connectivity index (χ3v) is 7.22. The van der Waals surface area contributed by atoms with Crippen molar-refractivity contribution in [3.63, 3.8) is 0 Å². The summed E-state index contributed by atoms with van der Waals surface area (Å²) in [5.74, 6) is -1.60. The number of ether oxygens (including phenoxy) is 2. The first-order chi connectivity index (χ1) is 18.6. The van der Waals surface area contributed by atoms with Crippen LogP contribution < -0.4 is 20.3 Å². The topological polar surface area (TPSA) is 119 Å². The first-order valence-corrected chi connectivity index (χ1v) is 13.0. The van der Waals surface area contributed by atoms with Crippen molar-refractivity contribution >= 4 is 41.2 Å². The number of aryl methyl sites for hydroxylation is 1. The quantitative estimate of drug-likeness (QED) is 0.442. The number of hydrogen-bond donors (Lipinski definition) is 2. The zero-order valence-electron chi connectivity index (χ0n) is 21.4. The molecule has 2 aliphatic heterocycles. The van der Waals surface area contributed by atoms with Crippen LogP contribution in [0, 0.1) is 6.92 Å². The van der Waals surface area contributed by atoms with E-state index in [1.807, 2.05) is 6.92 Å². The van der Waals surface area contributed by atoms with Gasteiger partial charge in [0, 0.05) is 47.7 Å². The summed E-state index contributed by atoms with van der Waals surface area (Å²) in [6.45, 7) is 5.44. The van der Waals surface area contributed by atoms with E-state index in [0.29, 0.717) is 40.7 Å². The summed E-state index contributed by atoms with van der Waals surface area (Å²) >= 11 is 1.42. The molecule has 214 valence electrons. The molecule has 40 heavy (non-hydrogen) atoms. The zero-order valence-corrected chi connectivity index (χ0v) is 23.1. The molecule has 0 radical (unpaired) electrons. The van der Waals surface area contributed by atoms with E-state index in [4.69, 9.17) is 9.47 Å². The van der Waals surface area contributed by atoms with E-state index >= 15 is 0 Å². The van der Waals surface area contributed by atoms with Gasteiger partial charge in [-0.2, -0.15) is 13.2 Å². The van der Waals surface area contributed by atoms with Crippen molar-refractivity contribution in [2.24, 2.45) is 0 Å². The van der Waals surface area contributed by atoms with Crippen molar-refractivity contribution in [2.45, 2.75) is 32.2 Å². The lowest BCUT2D eigenvalue weighted by atomic mass is 10.0. The number of fused-ring (bicyclic) bond motifs is 1. The van der Waals surface area contributed by atoms with Crippen molar-refractivity contribution in [1.29, 1.82) is 0 Å². The predicted octanol–water partition coefficient (Wildman–Crippen LogP) is 3.55. The number of thiazole rings is 1. The van der Waals surface area contributed by atoms with E-state index in [2.05, 4.69) is 25.6 Å². The van der Waals surface area contributed by atoms with Crippen LogP contribution in [0.4, 0.5) is 18.9 Å². The van der Waals surface area contributed by atoms with Gasteiger partial charge in [-0.1, -0.05) is 0 Å². The Balaban J connectivity index is 0.00000370. The minimum absolute atomic E-state index is 0. The van der Waals surface area contributed by atoms with Gasteiger partial charge >= 0.3 is 6.18 Å². The van der Waals surface area contributed by atoms with Crippen LogP contribution in [-0.4, -0.2) is 65.7 Å². The zero-order chi connectivity index (χ0) is 27.7. The molecule has 2 aromatic heterocycles. The SMILES string of the molecule is Cc1cnc(-c2cc(C(=O)N[C@H](C)c3cnc(C(F)(F)F)nc3)cc3c2OCC(=O)N3CC2CNCCO2)s1.Cl. The molecule has 0 saturated carbocycles. The predicted molar refractivity (Wildman–Crippen MR) is 143 cm³/mol. The smallest absolute Gasteiger partial charge is 0.451 e. The Bertz CT molecular complexity index is 1380. The Kier molecular flexibility index (Phi) is 8.93. The third kappa shape index (κ3) is 6.35. The molecule has 2 amide bonds. The highest BCUT2D eigenvalue weighted by Gasteiger charge is 2.35. The van der Waals surface area contributed by atoms with Gasteiger partial charge in [-0.3, -0.25) is 9.59 Å². The monoisotopic (exact) mass is 598 g/mol. The molecule has 0 bridgehead atoms. The number of amides is 2. The Morgan fingerprint density at radius 3 is 2.62 bits per heavy atom. The van der Waals surface area contributed by atoms with Gasteiger partial charge in [0.15, 0.2) is 12.4 Å². The first-order valence-electron chi connectivity index (χ1n) is 12.2. The van der Waals surface area contributed by atoms with Crippen molar-refractivity contribution in [1.82, 2.24) is 25.6 Å². The molecule has 2 aliphatic rings. The van der Waals surface area contributed by atoms with Crippen LogP contribution in [0.25, 0.3) is 10.6 Å². The van der Waals surface area contributed by atoms with Crippen LogP contribution in [0.2, 0.25) is 0 Å². The number of nitrogens with one attached hydrogen (secondary N) is 2. The molecule has 2 atom stereocenters. The summed E-state index contributed by atoms with van der Waals surface area (Å²) < 4.78 is 50.1. The maximum atomic E-state index is 13.4. The molecule has 1 fully saturated rings. The fraction of sp³-hybridized carbons (Fsp3) is 0.400. The number of rotatable bonds is 6. The Morgan fingerprint density at radius 2 is 2.00 bits per heavy atom. The van der Waals surface area contributed by atoms with Crippen LogP contribution in [0.5, 0.6) is 5.75 Å². The number of alkyl halides is 3. The van der Waals surface area contributed by atoms with Gasteiger partial charge in [0.2, 0.25) is 5.82 Å². The summed E-state index contributed by atoms with van der Waals surface area (Å²) in [4.78, 5) is 40.0. The number of aromatic nitrogens is 3. The highest BCUT2D eigenvalue weighted by Crippen LogP contribution is 2.43. The van der Waals surface area contributed by atoms with Crippen molar-refractivity contribution < 1.29 is 32.2 Å². The molecule has 10 nitrogen and oxygen atoms in total. The molecule has 2 N–H and O–H groups in total. The van der Waals surface area contributed by atoms with Gasteiger partial charge in [-0.15, -0.1) is 23.7 Å². The summed E-state index contributed by atoms with van der Waals surface area (Å²) in [7, 11) is 0. The lowest BCUT2D eigenvalue weighted by molar-refractivity contribution is -0.145. The molecular formula is C25H26ClF3N6O4S. The normalized spacial score (nSPS) is 17.9. The molecule has 4 heterocycles. The Morgan fingerprint density at radius 1 is 1.25 bits per heavy atom.